The van der Waals surface area contributed by atoms with Gasteiger partial charge in [-0.1, -0.05) is 25.3 Å². The topological polar surface area (TPSA) is 50.1 Å². The van der Waals surface area contributed by atoms with Crippen LogP contribution in [-0.2, 0) is 9.53 Å². The Balaban J connectivity index is 3.40. The van der Waals surface area contributed by atoms with Gasteiger partial charge in [-0.15, -0.1) is 6.58 Å². The summed E-state index contributed by atoms with van der Waals surface area (Å²) in [7, 11) is 0. The first-order chi connectivity index (χ1) is 8.20. The van der Waals surface area contributed by atoms with Crippen LogP contribution in [0.5, 0.6) is 0 Å². The molecule has 3 nitrogen and oxygen atoms in total. The molecule has 0 atom stereocenters. The molecule has 0 unspecified atom stereocenters. The predicted molar refractivity (Wildman–Crippen MR) is 68.0 cm³/mol. The van der Waals surface area contributed by atoms with E-state index < -0.39 is 0 Å². The van der Waals surface area contributed by atoms with E-state index in [9.17, 15) is 4.79 Å². The predicted octanol–water partition coefficient (Wildman–Crippen LogP) is 3.87. The van der Waals surface area contributed by atoms with Crippen molar-refractivity contribution in [3.63, 3.8) is 0 Å². The first-order valence-electron chi connectivity index (χ1n) is 6.08. The fourth-order valence-corrected chi connectivity index (χ4v) is 1.33. The van der Waals surface area contributed by atoms with Crippen LogP contribution in [0.25, 0.3) is 0 Å². The lowest BCUT2D eigenvalue weighted by molar-refractivity contribution is -0.138. The highest BCUT2D eigenvalue weighted by molar-refractivity contribution is 5.70. The Morgan fingerprint density at radius 3 is 2.59 bits per heavy atom. The summed E-state index contributed by atoms with van der Waals surface area (Å²) in [4.78, 5) is 11.2. The fourth-order valence-electron chi connectivity index (χ4n) is 1.33. The maximum absolute atomic E-state index is 11.2. The highest BCUT2D eigenvalue weighted by atomic mass is 16.5. The van der Waals surface area contributed by atoms with Gasteiger partial charge in [-0.25, -0.2) is 0 Å². The van der Waals surface area contributed by atoms with Gasteiger partial charge >= 0.3 is 5.97 Å². The van der Waals surface area contributed by atoms with E-state index in [4.69, 9.17) is 10.00 Å². The summed E-state index contributed by atoms with van der Waals surface area (Å²) in [6, 6.07) is 1.89. The number of unbranched alkanes of at least 4 members (excludes halogenated alkanes) is 5. The zero-order valence-corrected chi connectivity index (χ0v) is 10.6. The minimum Gasteiger partial charge on any atom is -0.433 e. The van der Waals surface area contributed by atoms with E-state index in [0.717, 1.165) is 25.7 Å². The van der Waals surface area contributed by atoms with Crippen LogP contribution < -0.4 is 0 Å². The third kappa shape index (κ3) is 10.7. The number of nitriles is 1. The van der Waals surface area contributed by atoms with E-state index in [1.165, 1.54) is 19.1 Å². The number of carbonyl (C=O) groups is 1. The van der Waals surface area contributed by atoms with Crippen molar-refractivity contribution in [2.75, 3.05) is 0 Å². The number of ether oxygens (including phenoxy) is 1. The monoisotopic (exact) mass is 235 g/mol. The first-order valence-corrected chi connectivity index (χ1v) is 6.08. The molecule has 3 heteroatoms. The number of carbonyl (C=O) groups excluding carboxylic acids is 1. The Hall–Kier alpha value is -1.56. The van der Waals surface area contributed by atoms with Crippen LogP contribution in [0.1, 0.15) is 51.9 Å². The summed E-state index contributed by atoms with van der Waals surface area (Å²) in [6.07, 6.45) is 10.1. The normalized spacial score (nSPS) is 10.7. The highest BCUT2D eigenvalue weighted by Gasteiger charge is 2.01. The molecule has 0 aliphatic carbocycles. The van der Waals surface area contributed by atoms with Crippen molar-refractivity contribution < 1.29 is 9.53 Å². The van der Waals surface area contributed by atoms with E-state index in [-0.39, 0.29) is 5.97 Å². The molecule has 0 radical (unpaired) electrons. The molecule has 0 aromatic heterocycles. The largest absolute Gasteiger partial charge is 0.433 e. The van der Waals surface area contributed by atoms with E-state index in [0.29, 0.717) is 12.0 Å². The van der Waals surface area contributed by atoms with Gasteiger partial charge in [-0.05, 0) is 26.2 Å². The van der Waals surface area contributed by atoms with Crippen LogP contribution in [-0.4, -0.2) is 5.97 Å². The van der Waals surface area contributed by atoms with E-state index in [2.05, 4.69) is 6.58 Å². The van der Waals surface area contributed by atoms with Gasteiger partial charge in [0.05, 0.1) is 11.6 Å². The molecule has 0 fully saturated rings. The second kappa shape index (κ2) is 10.9. The lowest BCUT2D eigenvalue weighted by atomic mass is 10.1. The van der Waals surface area contributed by atoms with Crippen molar-refractivity contribution in [2.45, 2.75) is 51.9 Å². The third-order valence-electron chi connectivity index (χ3n) is 2.33. The van der Waals surface area contributed by atoms with E-state index in [1.807, 2.05) is 12.1 Å². The second-order valence-corrected chi connectivity index (χ2v) is 4.00. The summed E-state index contributed by atoms with van der Waals surface area (Å²) in [5, 5.41) is 8.45. The molecule has 17 heavy (non-hydrogen) atoms. The van der Waals surface area contributed by atoms with Gasteiger partial charge in [-0.3, -0.25) is 4.79 Å². The van der Waals surface area contributed by atoms with Gasteiger partial charge in [0, 0.05) is 6.42 Å². The van der Waals surface area contributed by atoms with Crippen LogP contribution in [0.2, 0.25) is 0 Å². The van der Waals surface area contributed by atoms with E-state index >= 15 is 0 Å². The standard InChI is InChI=1S/C14H21NO2/c1-3-4-5-6-7-8-9-10-14(16)17-12-13(2)11-15/h3,12H,1,4-10H2,2H3/b13-12+. The maximum atomic E-state index is 11.2. The molecule has 0 aromatic carbocycles. The van der Waals surface area contributed by atoms with Crippen LogP contribution in [0, 0.1) is 11.3 Å². The zero-order chi connectivity index (χ0) is 12.9. The van der Waals surface area contributed by atoms with Crippen molar-refractivity contribution in [3.05, 3.63) is 24.5 Å². The van der Waals surface area contributed by atoms with Crippen molar-refractivity contribution in [3.8, 4) is 6.07 Å². The summed E-state index contributed by atoms with van der Waals surface area (Å²) in [5.41, 5.74) is 0.405. The Morgan fingerprint density at radius 1 is 1.29 bits per heavy atom. The third-order valence-corrected chi connectivity index (χ3v) is 2.33. The number of hydrogen-bond acceptors (Lipinski definition) is 3. The minimum absolute atomic E-state index is 0.259. The SMILES string of the molecule is C=CCCCCCCCC(=O)O/C=C(\C)C#N. The van der Waals surface area contributed by atoms with Crippen molar-refractivity contribution in [2.24, 2.45) is 0 Å². The highest BCUT2D eigenvalue weighted by Crippen LogP contribution is 2.08. The molecule has 0 saturated heterocycles. The summed E-state index contributed by atoms with van der Waals surface area (Å²) < 4.78 is 4.80. The van der Waals surface area contributed by atoms with Gasteiger partial charge in [0.1, 0.15) is 6.26 Å². The molecule has 94 valence electrons. The Kier molecular flexibility index (Phi) is 9.94. The lowest BCUT2D eigenvalue weighted by Gasteiger charge is -2.00. The first kappa shape index (κ1) is 15.4. The van der Waals surface area contributed by atoms with Gasteiger partial charge in [-0.2, -0.15) is 5.26 Å². The van der Waals surface area contributed by atoms with Gasteiger partial charge < -0.3 is 4.74 Å². The molecule has 0 rings (SSSR count). The van der Waals surface area contributed by atoms with Gasteiger partial charge in [0.25, 0.3) is 0 Å². The molecular weight excluding hydrogens is 214 g/mol. The lowest BCUT2D eigenvalue weighted by Crippen LogP contribution is -1.99. The molecule has 0 spiro atoms. The molecule has 0 N–H and O–H groups in total. The van der Waals surface area contributed by atoms with Crippen molar-refractivity contribution in [1.82, 2.24) is 0 Å². The molecule has 0 aromatic rings. The molecule has 0 amide bonds. The average Bonchev–Trinajstić information content (AvgIpc) is 2.34. The van der Waals surface area contributed by atoms with Crippen LogP contribution in [0.3, 0.4) is 0 Å². The number of allylic oxidation sites excluding steroid dienone is 2. The maximum Gasteiger partial charge on any atom is 0.310 e. The molecular formula is C14H21NO2. The molecule has 0 aliphatic heterocycles. The molecule has 0 heterocycles. The van der Waals surface area contributed by atoms with E-state index in [1.54, 1.807) is 6.92 Å². The smallest absolute Gasteiger partial charge is 0.310 e. The molecule has 0 bridgehead atoms. The summed E-state index contributed by atoms with van der Waals surface area (Å²) in [6.45, 7) is 5.27. The van der Waals surface area contributed by atoms with Crippen LogP contribution in [0.4, 0.5) is 0 Å². The van der Waals surface area contributed by atoms with Gasteiger partial charge in [0.15, 0.2) is 0 Å². The minimum atomic E-state index is -0.259. The summed E-state index contributed by atoms with van der Waals surface area (Å²) >= 11 is 0. The number of rotatable bonds is 9. The average molecular weight is 235 g/mol. The summed E-state index contributed by atoms with van der Waals surface area (Å²) in [5.74, 6) is -0.259. The quantitative estimate of drug-likeness (QED) is 0.200. The van der Waals surface area contributed by atoms with Gasteiger partial charge in [0.2, 0.25) is 0 Å². The van der Waals surface area contributed by atoms with Crippen molar-refractivity contribution in [1.29, 1.82) is 5.26 Å². The van der Waals surface area contributed by atoms with Crippen molar-refractivity contribution >= 4 is 5.97 Å². The Morgan fingerprint density at radius 2 is 1.94 bits per heavy atom. The number of esters is 1. The Labute approximate surface area is 104 Å². The van der Waals surface area contributed by atoms with Crippen LogP contribution >= 0.6 is 0 Å². The molecule has 0 aliphatic rings. The number of hydrogen-bond donors (Lipinski definition) is 0. The number of nitrogens with zero attached hydrogens (tertiary/aromatic N) is 1. The fraction of sp³-hybridized carbons (Fsp3) is 0.571. The zero-order valence-electron chi connectivity index (χ0n) is 10.6. The van der Waals surface area contributed by atoms with Crippen LogP contribution in [0.15, 0.2) is 24.5 Å². The molecule has 0 saturated carbocycles. The Bertz CT molecular complexity index is 300. The second-order valence-electron chi connectivity index (χ2n) is 4.00.